The molecule has 2 N–H and O–H groups in total. The summed E-state index contributed by atoms with van der Waals surface area (Å²) >= 11 is 0. The predicted octanol–water partition coefficient (Wildman–Crippen LogP) is 2.47. The number of hydrogen-bond acceptors (Lipinski definition) is 3. The molecule has 1 unspecified atom stereocenters. The number of hydrogen-bond donors (Lipinski definition) is 1. The summed E-state index contributed by atoms with van der Waals surface area (Å²) in [6, 6.07) is 7.10. The zero-order valence-corrected chi connectivity index (χ0v) is 11.7. The SMILES string of the molecule is Nc1nc2n(n1)CC(c1ccc3c(c1)CCCC3)CC2. The van der Waals surface area contributed by atoms with Crippen molar-refractivity contribution in [2.45, 2.75) is 51.0 Å². The number of aromatic nitrogens is 3. The van der Waals surface area contributed by atoms with Crippen molar-refractivity contribution >= 4 is 5.95 Å². The summed E-state index contributed by atoms with van der Waals surface area (Å²) in [5.41, 5.74) is 10.3. The van der Waals surface area contributed by atoms with Crippen LogP contribution in [0.2, 0.25) is 0 Å². The van der Waals surface area contributed by atoms with Gasteiger partial charge in [0.15, 0.2) is 0 Å². The standard InChI is InChI=1S/C16H20N4/c17-16-18-15-8-7-14(10-20(15)19-16)13-6-5-11-3-1-2-4-12(11)9-13/h5-6,9,14H,1-4,7-8,10H2,(H2,17,19). The maximum Gasteiger partial charge on any atom is 0.239 e. The van der Waals surface area contributed by atoms with Gasteiger partial charge in [0, 0.05) is 18.9 Å². The van der Waals surface area contributed by atoms with Gasteiger partial charge in [-0.25, -0.2) is 4.68 Å². The van der Waals surface area contributed by atoms with Gasteiger partial charge in [-0.3, -0.25) is 0 Å². The molecule has 0 spiro atoms. The number of nitrogens with zero attached hydrogens (tertiary/aromatic N) is 3. The van der Waals surface area contributed by atoms with Crippen molar-refractivity contribution in [3.05, 3.63) is 40.7 Å². The number of nitrogen functional groups attached to an aromatic ring is 1. The molecule has 0 amide bonds. The topological polar surface area (TPSA) is 56.7 Å². The molecule has 104 valence electrons. The fourth-order valence-electron chi connectivity index (χ4n) is 3.61. The van der Waals surface area contributed by atoms with Crippen molar-refractivity contribution in [1.82, 2.24) is 14.8 Å². The average molecular weight is 268 g/mol. The van der Waals surface area contributed by atoms with Crippen LogP contribution in [0.15, 0.2) is 18.2 Å². The number of anilines is 1. The van der Waals surface area contributed by atoms with E-state index in [-0.39, 0.29) is 0 Å². The van der Waals surface area contributed by atoms with Crippen molar-refractivity contribution in [3.63, 3.8) is 0 Å². The van der Waals surface area contributed by atoms with Crippen molar-refractivity contribution in [2.75, 3.05) is 5.73 Å². The van der Waals surface area contributed by atoms with E-state index in [9.17, 15) is 0 Å². The van der Waals surface area contributed by atoms with Gasteiger partial charge in [0.05, 0.1) is 0 Å². The zero-order chi connectivity index (χ0) is 13.5. The summed E-state index contributed by atoms with van der Waals surface area (Å²) in [5, 5.41) is 4.30. The molecule has 1 atom stereocenters. The molecule has 0 fully saturated rings. The molecule has 1 aliphatic heterocycles. The molecule has 2 heterocycles. The molecule has 1 aromatic heterocycles. The average Bonchev–Trinajstić information content (AvgIpc) is 2.85. The van der Waals surface area contributed by atoms with E-state index in [1.807, 2.05) is 4.68 Å². The van der Waals surface area contributed by atoms with Gasteiger partial charge in [-0.1, -0.05) is 18.2 Å². The molecule has 0 radical (unpaired) electrons. The quantitative estimate of drug-likeness (QED) is 0.864. The minimum Gasteiger partial charge on any atom is -0.366 e. The lowest BCUT2D eigenvalue weighted by Gasteiger charge is -2.25. The van der Waals surface area contributed by atoms with Gasteiger partial charge < -0.3 is 5.73 Å². The van der Waals surface area contributed by atoms with Gasteiger partial charge in [-0.15, -0.1) is 5.10 Å². The predicted molar refractivity (Wildman–Crippen MR) is 78.6 cm³/mol. The first-order valence-corrected chi connectivity index (χ1v) is 7.60. The molecule has 0 bridgehead atoms. The summed E-state index contributed by atoms with van der Waals surface area (Å²) in [4.78, 5) is 4.28. The number of rotatable bonds is 1. The largest absolute Gasteiger partial charge is 0.366 e. The highest BCUT2D eigenvalue weighted by molar-refractivity contribution is 5.35. The van der Waals surface area contributed by atoms with Crippen molar-refractivity contribution in [3.8, 4) is 0 Å². The van der Waals surface area contributed by atoms with Gasteiger partial charge in [0.1, 0.15) is 5.82 Å². The zero-order valence-electron chi connectivity index (χ0n) is 11.7. The Bertz CT molecular complexity index is 644. The molecule has 4 heteroatoms. The number of benzene rings is 1. The highest BCUT2D eigenvalue weighted by atomic mass is 15.4. The van der Waals surface area contributed by atoms with E-state index >= 15 is 0 Å². The first-order valence-electron chi connectivity index (χ1n) is 7.60. The van der Waals surface area contributed by atoms with Crippen LogP contribution in [0.25, 0.3) is 0 Å². The van der Waals surface area contributed by atoms with Gasteiger partial charge in [0.25, 0.3) is 0 Å². The molecule has 20 heavy (non-hydrogen) atoms. The minimum absolute atomic E-state index is 0.408. The molecule has 2 aliphatic rings. The van der Waals surface area contributed by atoms with Gasteiger partial charge in [-0.2, -0.15) is 4.98 Å². The van der Waals surface area contributed by atoms with Gasteiger partial charge in [-0.05, 0) is 48.8 Å². The summed E-state index contributed by atoms with van der Waals surface area (Å²) < 4.78 is 1.99. The van der Waals surface area contributed by atoms with E-state index in [2.05, 4.69) is 28.3 Å². The Balaban J connectivity index is 1.62. The molecular weight excluding hydrogens is 248 g/mol. The van der Waals surface area contributed by atoms with Crippen molar-refractivity contribution in [2.24, 2.45) is 0 Å². The molecule has 2 aromatic rings. The fraction of sp³-hybridized carbons (Fsp3) is 0.500. The van der Waals surface area contributed by atoms with Crippen LogP contribution in [-0.4, -0.2) is 14.8 Å². The van der Waals surface area contributed by atoms with E-state index in [4.69, 9.17) is 5.73 Å². The van der Waals surface area contributed by atoms with E-state index in [0.29, 0.717) is 11.9 Å². The molecule has 1 aliphatic carbocycles. The Hall–Kier alpha value is -1.84. The first kappa shape index (κ1) is 11.9. The number of aryl methyl sites for hydroxylation is 3. The molecule has 1 aromatic carbocycles. The second-order valence-electron chi connectivity index (χ2n) is 6.04. The van der Waals surface area contributed by atoms with E-state index in [0.717, 1.165) is 25.2 Å². The Morgan fingerprint density at radius 3 is 2.85 bits per heavy atom. The van der Waals surface area contributed by atoms with Crippen LogP contribution in [0.3, 0.4) is 0 Å². The van der Waals surface area contributed by atoms with Crippen LogP contribution in [0.5, 0.6) is 0 Å². The summed E-state index contributed by atoms with van der Waals surface area (Å²) in [7, 11) is 0. The van der Waals surface area contributed by atoms with Gasteiger partial charge >= 0.3 is 0 Å². The van der Waals surface area contributed by atoms with E-state index < -0.39 is 0 Å². The van der Waals surface area contributed by atoms with Crippen molar-refractivity contribution < 1.29 is 0 Å². The van der Waals surface area contributed by atoms with E-state index in [1.54, 1.807) is 11.1 Å². The minimum atomic E-state index is 0.408. The summed E-state index contributed by atoms with van der Waals surface area (Å²) in [6.45, 7) is 0.915. The molecule has 4 nitrogen and oxygen atoms in total. The lowest BCUT2D eigenvalue weighted by molar-refractivity contribution is 0.423. The molecule has 0 saturated carbocycles. The molecular formula is C16H20N4. The maximum atomic E-state index is 5.69. The Morgan fingerprint density at radius 1 is 1.10 bits per heavy atom. The third-order valence-electron chi connectivity index (χ3n) is 4.72. The monoisotopic (exact) mass is 268 g/mol. The lowest BCUT2D eigenvalue weighted by Crippen LogP contribution is -2.20. The highest BCUT2D eigenvalue weighted by Crippen LogP contribution is 2.31. The van der Waals surface area contributed by atoms with Gasteiger partial charge in [0.2, 0.25) is 5.95 Å². The Morgan fingerprint density at radius 2 is 1.95 bits per heavy atom. The number of nitrogens with two attached hydrogens (primary N) is 1. The second kappa shape index (κ2) is 4.62. The third-order valence-corrected chi connectivity index (χ3v) is 4.72. The second-order valence-corrected chi connectivity index (χ2v) is 6.04. The molecule has 0 saturated heterocycles. The van der Waals surface area contributed by atoms with Crippen molar-refractivity contribution in [1.29, 1.82) is 0 Å². The van der Waals surface area contributed by atoms with Crippen LogP contribution < -0.4 is 5.73 Å². The summed E-state index contributed by atoms with van der Waals surface area (Å²) in [6.07, 6.45) is 7.31. The summed E-state index contributed by atoms with van der Waals surface area (Å²) in [5.74, 6) is 2.00. The fourth-order valence-corrected chi connectivity index (χ4v) is 3.61. The normalized spacial score (nSPS) is 21.3. The maximum absolute atomic E-state index is 5.69. The van der Waals surface area contributed by atoms with Crippen LogP contribution >= 0.6 is 0 Å². The Labute approximate surface area is 119 Å². The third kappa shape index (κ3) is 1.99. The first-order chi connectivity index (χ1) is 9.79. The Kier molecular flexibility index (Phi) is 2.76. The van der Waals surface area contributed by atoms with Crippen LogP contribution in [0.4, 0.5) is 5.95 Å². The van der Waals surface area contributed by atoms with E-state index in [1.165, 1.54) is 31.2 Å². The van der Waals surface area contributed by atoms with Crippen LogP contribution in [-0.2, 0) is 25.8 Å². The lowest BCUT2D eigenvalue weighted by atomic mass is 9.85. The van der Waals surface area contributed by atoms with Crippen LogP contribution in [0, 0.1) is 0 Å². The highest BCUT2D eigenvalue weighted by Gasteiger charge is 2.23. The van der Waals surface area contributed by atoms with Crippen LogP contribution in [0.1, 0.15) is 47.7 Å². The number of fused-ring (bicyclic) bond motifs is 2. The molecule has 4 rings (SSSR count). The smallest absolute Gasteiger partial charge is 0.239 e.